The van der Waals surface area contributed by atoms with Crippen molar-refractivity contribution >= 4 is 12.0 Å². The number of nitrogens with two attached hydrogens (primary N) is 1. The van der Waals surface area contributed by atoms with E-state index in [1.54, 1.807) is 6.20 Å². The van der Waals surface area contributed by atoms with Gasteiger partial charge in [-0.2, -0.15) is 0 Å². The standard InChI is InChI=1S/C7H7N3/c8-7-6-4-9-3-5(6)1-2-10-7/h1-3H,4H2,(H2,8,10). The fourth-order valence-corrected chi connectivity index (χ4v) is 1.05. The van der Waals surface area contributed by atoms with Gasteiger partial charge in [0, 0.05) is 23.5 Å². The van der Waals surface area contributed by atoms with Crippen molar-refractivity contribution in [3.05, 3.63) is 23.4 Å². The Labute approximate surface area is 58.6 Å². The molecule has 0 spiro atoms. The van der Waals surface area contributed by atoms with E-state index in [1.807, 2.05) is 12.3 Å². The third-order valence-electron chi connectivity index (χ3n) is 1.61. The summed E-state index contributed by atoms with van der Waals surface area (Å²) in [5.74, 6) is 0.606. The van der Waals surface area contributed by atoms with E-state index in [4.69, 9.17) is 5.73 Å². The van der Waals surface area contributed by atoms with Crippen molar-refractivity contribution in [1.29, 1.82) is 0 Å². The molecule has 2 N–H and O–H groups in total. The first-order valence-electron chi connectivity index (χ1n) is 3.11. The van der Waals surface area contributed by atoms with E-state index in [0.29, 0.717) is 12.4 Å². The van der Waals surface area contributed by atoms with Crippen molar-refractivity contribution in [2.45, 2.75) is 6.54 Å². The molecule has 50 valence electrons. The molecule has 0 aromatic carbocycles. The van der Waals surface area contributed by atoms with E-state index in [0.717, 1.165) is 11.1 Å². The van der Waals surface area contributed by atoms with Crippen LogP contribution in [-0.4, -0.2) is 11.2 Å². The molecule has 0 bridgehead atoms. The molecule has 2 rings (SSSR count). The minimum atomic E-state index is 0.606. The molecule has 0 aliphatic carbocycles. The Bertz CT molecular complexity index is 291. The highest BCUT2D eigenvalue weighted by Crippen LogP contribution is 2.17. The molecule has 10 heavy (non-hydrogen) atoms. The molecular weight excluding hydrogens is 126 g/mol. The van der Waals surface area contributed by atoms with Crippen LogP contribution < -0.4 is 5.73 Å². The summed E-state index contributed by atoms with van der Waals surface area (Å²) < 4.78 is 0. The molecule has 3 heteroatoms. The quantitative estimate of drug-likeness (QED) is 0.563. The average Bonchev–Trinajstić information content (AvgIpc) is 2.36. The summed E-state index contributed by atoms with van der Waals surface area (Å²) in [6.45, 7) is 0.689. The monoisotopic (exact) mass is 133 g/mol. The van der Waals surface area contributed by atoms with E-state index in [9.17, 15) is 0 Å². The first kappa shape index (κ1) is 5.41. The highest BCUT2D eigenvalue weighted by atomic mass is 14.9. The van der Waals surface area contributed by atoms with E-state index in [-0.39, 0.29) is 0 Å². The SMILES string of the molecule is Nc1nccc2c1CN=C2. The summed E-state index contributed by atoms with van der Waals surface area (Å²) in [5.41, 5.74) is 7.74. The summed E-state index contributed by atoms with van der Waals surface area (Å²) in [4.78, 5) is 8.02. The number of nitrogen functional groups attached to an aromatic ring is 1. The van der Waals surface area contributed by atoms with Crippen molar-refractivity contribution in [2.24, 2.45) is 4.99 Å². The zero-order valence-corrected chi connectivity index (χ0v) is 5.41. The molecule has 3 nitrogen and oxygen atoms in total. The lowest BCUT2D eigenvalue weighted by Crippen LogP contribution is -1.96. The predicted molar refractivity (Wildman–Crippen MR) is 39.9 cm³/mol. The van der Waals surface area contributed by atoms with Crippen LogP contribution >= 0.6 is 0 Å². The number of aromatic nitrogens is 1. The molecule has 2 heterocycles. The van der Waals surface area contributed by atoms with Crippen molar-refractivity contribution in [2.75, 3.05) is 5.73 Å². The molecule has 0 unspecified atom stereocenters. The summed E-state index contributed by atoms with van der Waals surface area (Å²) >= 11 is 0. The molecule has 1 aliphatic rings. The van der Waals surface area contributed by atoms with Gasteiger partial charge in [0.25, 0.3) is 0 Å². The van der Waals surface area contributed by atoms with Gasteiger partial charge in [0.1, 0.15) is 5.82 Å². The molecular formula is C7H7N3. The number of hydrogen-bond acceptors (Lipinski definition) is 3. The fraction of sp³-hybridized carbons (Fsp3) is 0.143. The van der Waals surface area contributed by atoms with E-state index in [2.05, 4.69) is 9.98 Å². The maximum atomic E-state index is 5.58. The van der Waals surface area contributed by atoms with Crippen molar-refractivity contribution in [1.82, 2.24) is 4.98 Å². The largest absolute Gasteiger partial charge is 0.383 e. The predicted octanol–water partition coefficient (Wildman–Crippen LogP) is 0.596. The minimum Gasteiger partial charge on any atom is -0.383 e. The molecule has 0 amide bonds. The van der Waals surface area contributed by atoms with Gasteiger partial charge in [-0.25, -0.2) is 4.98 Å². The van der Waals surface area contributed by atoms with E-state index in [1.165, 1.54) is 0 Å². The Hall–Kier alpha value is -1.38. The summed E-state index contributed by atoms with van der Waals surface area (Å²) in [7, 11) is 0. The van der Waals surface area contributed by atoms with Gasteiger partial charge >= 0.3 is 0 Å². The fourth-order valence-electron chi connectivity index (χ4n) is 1.05. The molecule has 1 aliphatic heterocycles. The Kier molecular flexibility index (Phi) is 0.974. The van der Waals surface area contributed by atoms with Gasteiger partial charge in [-0.3, -0.25) is 4.99 Å². The van der Waals surface area contributed by atoms with Crippen molar-refractivity contribution in [3.8, 4) is 0 Å². The van der Waals surface area contributed by atoms with Crippen LogP contribution in [0.3, 0.4) is 0 Å². The van der Waals surface area contributed by atoms with Crippen LogP contribution in [-0.2, 0) is 6.54 Å². The minimum absolute atomic E-state index is 0.606. The number of nitrogens with zero attached hydrogens (tertiary/aromatic N) is 2. The number of aliphatic imine (C=N–C) groups is 1. The van der Waals surface area contributed by atoms with Crippen LogP contribution in [0.4, 0.5) is 5.82 Å². The first-order chi connectivity index (χ1) is 4.88. The molecule has 0 radical (unpaired) electrons. The number of hydrogen-bond donors (Lipinski definition) is 1. The molecule has 0 fully saturated rings. The zero-order chi connectivity index (χ0) is 6.97. The van der Waals surface area contributed by atoms with Gasteiger partial charge in [-0.15, -0.1) is 0 Å². The third kappa shape index (κ3) is 0.603. The number of anilines is 1. The van der Waals surface area contributed by atoms with Gasteiger partial charge in [-0.1, -0.05) is 0 Å². The van der Waals surface area contributed by atoms with Crippen LogP contribution in [0.5, 0.6) is 0 Å². The van der Waals surface area contributed by atoms with Crippen LogP contribution in [0.15, 0.2) is 17.3 Å². The molecule has 1 aromatic heterocycles. The Morgan fingerprint density at radius 3 is 3.20 bits per heavy atom. The molecule has 0 saturated heterocycles. The summed E-state index contributed by atoms with van der Waals surface area (Å²) in [6, 6.07) is 1.92. The first-order valence-corrected chi connectivity index (χ1v) is 3.11. The average molecular weight is 133 g/mol. The van der Waals surface area contributed by atoms with Gasteiger partial charge in [0.05, 0.1) is 6.54 Å². The molecule has 0 atom stereocenters. The Morgan fingerprint density at radius 1 is 1.50 bits per heavy atom. The van der Waals surface area contributed by atoms with Crippen LogP contribution in [0.2, 0.25) is 0 Å². The second kappa shape index (κ2) is 1.80. The highest BCUT2D eigenvalue weighted by Gasteiger charge is 2.08. The lowest BCUT2D eigenvalue weighted by Gasteiger charge is -1.97. The maximum Gasteiger partial charge on any atom is 0.129 e. The smallest absolute Gasteiger partial charge is 0.129 e. The number of pyridine rings is 1. The van der Waals surface area contributed by atoms with Gasteiger partial charge in [0.2, 0.25) is 0 Å². The van der Waals surface area contributed by atoms with E-state index < -0.39 is 0 Å². The second-order valence-corrected chi connectivity index (χ2v) is 2.23. The molecule has 1 aromatic rings. The summed E-state index contributed by atoms with van der Waals surface area (Å²) in [5, 5.41) is 0. The van der Waals surface area contributed by atoms with Crippen LogP contribution in [0.1, 0.15) is 11.1 Å². The van der Waals surface area contributed by atoms with Crippen LogP contribution in [0, 0.1) is 0 Å². The lowest BCUT2D eigenvalue weighted by atomic mass is 10.2. The maximum absolute atomic E-state index is 5.58. The Balaban J connectivity index is 2.66. The lowest BCUT2D eigenvalue weighted by molar-refractivity contribution is 1.09. The van der Waals surface area contributed by atoms with Crippen LogP contribution in [0.25, 0.3) is 0 Å². The normalized spacial score (nSPS) is 13.6. The van der Waals surface area contributed by atoms with Gasteiger partial charge in [-0.05, 0) is 6.07 Å². The second-order valence-electron chi connectivity index (χ2n) is 2.23. The topological polar surface area (TPSA) is 51.3 Å². The van der Waals surface area contributed by atoms with Gasteiger partial charge < -0.3 is 5.73 Å². The van der Waals surface area contributed by atoms with Gasteiger partial charge in [0.15, 0.2) is 0 Å². The molecule has 0 saturated carbocycles. The highest BCUT2D eigenvalue weighted by molar-refractivity contribution is 5.86. The Morgan fingerprint density at radius 2 is 2.40 bits per heavy atom. The van der Waals surface area contributed by atoms with Crippen molar-refractivity contribution < 1.29 is 0 Å². The number of fused-ring (bicyclic) bond motifs is 1. The van der Waals surface area contributed by atoms with Crippen molar-refractivity contribution in [3.63, 3.8) is 0 Å². The van der Waals surface area contributed by atoms with E-state index >= 15 is 0 Å². The number of rotatable bonds is 0. The summed E-state index contributed by atoms with van der Waals surface area (Å²) in [6.07, 6.45) is 3.53. The third-order valence-corrected chi connectivity index (χ3v) is 1.61. The zero-order valence-electron chi connectivity index (χ0n) is 5.41.